The van der Waals surface area contributed by atoms with Gasteiger partial charge in [0.2, 0.25) is 0 Å². The lowest BCUT2D eigenvalue weighted by molar-refractivity contribution is 0.245. The molecule has 2 amide bonds. The number of urea groups is 1. The van der Waals surface area contributed by atoms with E-state index in [-0.39, 0.29) is 17.9 Å². The average Bonchev–Trinajstić information content (AvgIpc) is 2.30. The third kappa shape index (κ3) is 3.71. The van der Waals surface area contributed by atoms with E-state index in [0.717, 1.165) is 25.9 Å². The Morgan fingerprint density at radius 1 is 1.47 bits per heavy atom. The van der Waals surface area contributed by atoms with Crippen molar-refractivity contribution in [3.05, 3.63) is 30.1 Å². The van der Waals surface area contributed by atoms with Crippen LogP contribution in [0.3, 0.4) is 0 Å². The zero-order chi connectivity index (χ0) is 12.1. The van der Waals surface area contributed by atoms with Gasteiger partial charge in [0.15, 0.2) is 0 Å². The third-order valence-electron chi connectivity index (χ3n) is 2.71. The van der Waals surface area contributed by atoms with Crippen LogP contribution in [0.15, 0.2) is 24.3 Å². The number of piperidine rings is 1. The normalized spacial score (nSPS) is 19.7. The first-order chi connectivity index (χ1) is 8.24. The van der Waals surface area contributed by atoms with Crippen molar-refractivity contribution < 1.29 is 9.18 Å². The molecule has 1 saturated heterocycles. The van der Waals surface area contributed by atoms with E-state index in [0.29, 0.717) is 5.69 Å². The van der Waals surface area contributed by atoms with Crippen molar-refractivity contribution in [3.63, 3.8) is 0 Å². The summed E-state index contributed by atoms with van der Waals surface area (Å²) < 4.78 is 12.9. The molecule has 0 spiro atoms. The van der Waals surface area contributed by atoms with Crippen LogP contribution in [0, 0.1) is 5.82 Å². The van der Waals surface area contributed by atoms with E-state index in [2.05, 4.69) is 16.0 Å². The Morgan fingerprint density at radius 2 is 2.35 bits per heavy atom. The van der Waals surface area contributed by atoms with Crippen LogP contribution in [-0.4, -0.2) is 25.2 Å². The van der Waals surface area contributed by atoms with Crippen molar-refractivity contribution in [1.29, 1.82) is 0 Å². The molecule has 17 heavy (non-hydrogen) atoms. The first-order valence-electron chi connectivity index (χ1n) is 5.78. The Kier molecular flexibility index (Phi) is 3.93. The van der Waals surface area contributed by atoms with Gasteiger partial charge < -0.3 is 16.0 Å². The molecule has 92 valence electrons. The van der Waals surface area contributed by atoms with Gasteiger partial charge in [0.05, 0.1) is 0 Å². The molecule has 3 N–H and O–H groups in total. The van der Waals surface area contributed by atoms with Gasteiger partial charge in [-0.3, -0.25) is 0 Å². The molecular weight excluding hydrogens is 221 g/mol. The van der Waals surface area contributed by atoms with Crippen molar-refractivity contribution in [3.8, 4) is 0 Å². The average molecular weight is 237 g/mol. The second-order valence-electron chi connectivity index (χ2n) is 4.15. The Balaban J connectivity index is 1.84. The fraction of sp³-hybridized carbons (Fsp3) is 0.417. The molecule has 1 unspecified atom stereocenters. The number of hydrogen-bond donors (Lipinski definition) is 3. The molecule has 1 aromatic rings. The predicted octanol–water partition coefficient (Wildman–Crippen LogP) is 1.70. The molecule has 1 aliphatic rings. The molecule has 5 heteroatoms. The van der Waals surface area contributed by atoms with E-state index in [1.807, 2.05) is 0 Å². The van der Waals surface area contributed by atoms with E-state index < -0.39 is 0 Å². The van der Waals surface area contributed by atoms with Crippen LogP contribution in [0.1, 0.15) is 12.8 Å². The summed E-state index contributed by atoms with van der Waals surface area (Å²) in [5, 5.41) is 8.67. The Bertz CT molecular complexity index is 391. The third-order valence-corrected chi connectivity index (χ3v) is 2.71. The Labute approximate surface area is 99.6 Å². The summed E-state index contributed by atoms with van der Waals surface area (Å²) in [5.74, 6) is -0.359. The molecule has 1 heterocycles. The van der Waals surface area contributed by atoms with Crippen LogP contribution < -0.4 is 16.0 Å². The second-order valence-corrected chi connectivity index (χ2v) is 4.15. The highest BCUT2D eigenvalue weighted by molar-refractivity contribution is 5.89. The van der Waals surface area contributed by atoms with Crippen molar-refractivity contribution >= 4 is 11.7 Å². The molecular formula is C12H16FN3O. The molecule has 1 fully saturated rings. The molecule has 1 atom stereocenters. The number of hydrogen-bond acceptors (Lipinski definition) is 2. The second kappa shape index (κ2) is 5.63. The summed E-state index contributed by atoms with van der Waals surface area (Å²) in [6.07, 6.45) is 2.04. The molecule has 1 aliphatic heterocycles. The molecule has 2 rings (SSSR count). The number of carbonyl (C=O) groups is 1. The van der Waals surface area contributed by atoms with Crippen LogP contribution >= 0.6 is 0 Å². The van der Waals surface area contributed by atoms with Gasteiger partial charge in [-0.05, 0) is 37.6 Å². The van der Waals surface area contributed by atoms with Crippen LogP contribution in [0.4, 0.5) is 14.9 Å². The minimum absolute atomic E-state index is 0.150. The maximum absolute atomic E-state index is 12.9. The largest absolute Gasteiger partial charge is 0.334 e. The Hall–Kier alpha value is -1.62. The van der Waals surface area contributed by atoms with Gasteiger partial charge in [-0.15, -0.1) is 0 Å². The molecule has 4 nitrogen and oxygen atoms in total. The van der Waals surface area contributed by atoms with Crippen LogP contribution in [0.5, 0.6) is 0 Å². The van der Waals surface area contributed by atoms with Gasteiger partial charge >= 0.3 is 6.03 Å². The van der Waals surface area contributed by atoms with Crippen molar-refractivity contribution in [2.45, 2.75) is 18.9 Å². The van der Waals surface area contributed by atoms with Crippen molar-refractivity contribution in [1.82, 2.24) is 10.6 Å². The number of rotatable bonds is 2. The zero-order valence-electron chi connectivity index (χ0n) is 9.50. The number of nitrogens with one attached hydrogen (secondary N) is 3. The molecule has 0 radical (unpaired) electrons. The first-order valence-corrected chi connectivity index (χ1v) is 5.78. The number of carbonyl (C=O) groups excluding carboxylic acids is 1. The van der Waals surface area contributed by atoms with E-state index >= 15 is 0 Å². The number of anilines is 1. The lowest BCUT2D eigenvalue weighted by atomic mass is 10.1. The van der Waals surface area contributed by atoms with E-state index in [9.17, 15) is 9.18 Å². The smallest absolute Gasteiger partial charge is 0.319 e. The molecule has 0 bridgehead atoms. The number of benzene rings is 1. The summed E-state index contributed by atoms with van der Waals surface area (Å²) in [7, 11) is 0. The monoisotopic (exact) mass is 237 g/mol. The molecule has 0 aliphatic carbocycles. The highest BCUT2D eigenvalue weighted by atomic mass is 19.1. The van der Waals surface area contributed by atoms with Crippen molar-refractivity contribution in [2.75, 3.05) is 18.4 Å². The zero-order valence-corrected chi connectivity index (χ0v) is 9.50. The van der Waals surface area contributed by atoms with Crippen LogP contribution in [0.25, 0.3) is 0 Å². The van der Waals surface area contributed by atoms with Gasteiger partial charge in [0, 0.05) is 18.3 Å². The standard InChI is InChI=1S/C12H16FN3O/c13-9-3-1-4-10(7-9)15-12(17)16-11-5-2-6-14-8-11/h1,3-4,7,11,14H,2,5-6,8H2,(H2,15,16,17). The quantitative estimate of drug-likeness (QED) is 0.733. The topological polar surface area (TPSA) is 53.2 Å². The predicted molar refractivity (Wildman–Crippen MR) is 64.4 cm³/mol. The van der Waals surface area contributed by atoms with E-state index in [1.165, 1.54) is 12.1 Å². The van der Waals surface area contributed by atoms with E-state index in [1.54, 1.807) is 12.1 Å². The molecule has 1 aromatic carbocycles. The maximum atomic E-state index is 12.9. The summed E-state index contributed by atoms with van der Waals surface area (Å²) in [6, 6.07) is 5.71. The number of halogens is 1. The highest BCUT2D eigenvalue weighted by Crippen LogP contribution is 2.09. The fourth-order valence-corrected chi connectivity index (χ4v) is 1.89. The summed E-state index contributed by atoms with van der Waals surface area (Å²) >= 11 is 0. The fourth-order valence-electron chi connectivity index (χ4n) is 1.89. The SMILES string of the molecule is O=C(Nc1cccc(F)c1)NC1CCCNC1. The van der Waals surface area contributed by atoms with E-state index in [4.69, 9.17) is 0 Å². The van der Waals surface area contributed by atoms with Gasteiger partial charge in [-0.1, -0.05) is 6.07 Å². The van der Waals surface area contributed by atoms with Gasteiger partial charge in [-0.25, -0.2) is 9.18 Å². The van der Waals surface area contributed by atoms with Gasteiger partial charge in [-0.2, -0.15) is 0 Å². The maximum Gasteiger partial charge on any atom is 0.319 e. The summed E-state index contributed by atoms with van der Waals surface area (Å²) in [4.78, 5) is 11.6. The Morgan fingerprint density at radius 3 is 3.06 bits per heavy atom. The van der Waals surface area contributed by atoms with Crippen LogP contribution in [-0.2, 0) is 0 Å². The molecule has 0 aromatic heterocycles. The summed E-state index contributed by atoms with van der Waals surface area (Å²) in [6.45, 7) is 1.79. The lowest BCUT2D eigenvalue weighted by Gasteiger charge is -2.23. The minimum Gasteiger partial charge on any atom is -0.334 e. The number of amides is 2. The van der Waals surface area contributed by atoms with Gasteiger partial charge in [0.25, 0.3) is 0 Å². The first kappa shape index (κ1) is 11.9. The molecule has 0 saturated carbocycles. The van der Waals surface area contributed by atoms with Crippen molar-refractivity contribution in [2.24, 2.45) is 0 Å². The minimum atomic E-state index is -0.359. The lowest BCUT2D eigenvalue weighted by Crippen LogP contribution is -2.47. The van der Waals surface area contributed by atoms with Gasteiger partial charge in [0.1, 0.15) is 5.82 Å². The summed E-state index contributed by atoms with van der Waals surface area (Å²) in [5.41, 5.74) is 0.464. The highest BCUT2D eigenvalue weighted by Gasteiger charge is 2.15. The van der Waals surface area contributed by atoms with Crippen LogP contribution in [0.2, 0.25) is 0 Å².